The quantitative estimate of drug-likeness (QED) is 0.703. The molecule has 2 aromatic carbocycles. The summed E-state index contributed by atoms with van der Waals surface area (Å²) in [6.45, 7) is 0.427. The number of imide groups is 1. The molecule has 0 aliphatic carbocycles. The van der Waals surface area contributed by atoms with Crippen LogP contribution >= 0.6 is 0 Å². The van der Waals surface area contributed by atoms with Crippen LogP contribution in [0.4, 0.5) is 4.79 Å². The fraction of sp³-hybridized carbons (Fsp3) is 0.211. The third-order valence-corrected chi connectivity index (χ3v) is 4.27. The maximum Gasteiger partial charge on any atom is 0.322 e. The van der Waals surface area contributed by atoms with E-state index < -0.39 is 17.5 Å². The fourth-order valence-corrected chi connectivity index (χ4v) is 2.92. The Hall–Kier alpha value is -3.15. The van der Waals surface area contributed by atoms with Crippen LogP contribution in [-0.4, -0.2) is 17.8 Å². The molecule has 0 spiro atoms. The van der Waals surface area contributed by atoms with Crippen molar-refractivity contribution in [2.24, 2.45) is 0 Å². The van der Waals surface area contributed by atoms with Crippen LogP contribution in [-0.2, 0) is 21.7 Å². The maximum atomic E-state index is 12.4. The van der Waals surface area contributed by atoms with E-state index in [-0.39, 0.29) is 18.7 Å². The molecular formula is C19H19N3O3. The van der Waals surface area contributed by atoms with Crippen LogP contribution in [0.2, 0.25) is 0 Å². The number of amides is 4. The van der Waals surface area contributed by atoms with Crippen molar-refractivity contribution in [2.75, 3.05) is 0 Å². The van der Waals surface area contributed by atoms with Gasteiger partial charge in [0, 0.05) is 13.0 Å². The summed E-state index contributed by atoms with van der Waals surface area (Å²) in [4.78, 5) is 36.2. The minimum absolute atomic E-state index is 0.120. The third-order valence-electron chi connectivity index (χ3n) is 4.27. The Morgan fingerprint density at radius 1 is 0.960 bits per heavy atom. The van der Waals surface area contributed by atoms with Gasteiger partial charge in [0.15, 0.2) is 0 Å². The molecule has 1 aliphatic heterocycles. The van der Waals surface area contributed by atoms with Gasteiger partial charge in [0.2, 0.25) is 5.91 Å². The first kappa shape index (κ1) is 16.7. The van der Waals surface area contributed by atoms with Crippen molar-refractivity contribution >= 4 is 17.8 Å². The number of rotatable bonds is 6. The molecule has 1 unspecified atom stereocenters. The summed E-state index contributed by atoms with van der Waals surface area (Å²) in [5.41, 5.74) is 0.456. The zero-order valence-electron chi connectivity index (χ0n) is 13.6. The molecule has 3 N–H and O–H groups in total. The molecule has 4 amide bonds. The van der Waals surface area contributed by atoms with E-state index in [1.807, 2.05) is 36.4 Å². The average molecular weight is 337 g/mol. The van der Waals surface area contributed by atoms with Crippen LogP contribution in [0, 0.1) is 0 Å². The van der Waals surface area contributed by atoms with E-state index in [0.29, 0.717) is 12.1 Å². The molecule has 0 bridgehead atoms. The van der Waals surface area contributed by atoms with Gasteiger partial charge in [0.1, 0.15) is 5.54 Å². The van der Waals surface area contributed by atoms with Gasteiger partial charge in [-0.25, -0.2) is 4.79 Å². The predicted octanol–water partition coefficient (Wildman–Crippen LogP) is 1.82. The lowest BCUT2D eigenvalue weighted by Crippen LogP contribution is -2.44. The van der Waals surface area contributed by atoms with E-state index in [1.165, 1.54) is 0 Å². The summed E-state index contributed by atoms with van der Waals surface area (Å²) in [6, 6.07) is 18.0. The number of carbonyl (C=O) groups excluding carboxylic acids is 3. The summed E-state index contributed by atoms with van der Waals surface area (Å²) >= 11 is 0. The lowest BCUT2D eigenvalue weighted by atomic mass is 9.85. The van der Waals surface area contributed by atoms with Gasteiger partial charge in [0.25, 0.3) is 5.91 Å². The van der Waals surface area contributed by atoms with Gasteiger partial charge in [-0.1, -0.05) is 60.7 Å². The second-order valence-corrected chi connectivity index (χ2v) is 5.94. The molecule has 25 heavy (non-hydrogen) atoms. The lowest BCUT2D eigenvalue weighted by Gasteiger charge is -2.26. The summed E-state index contributed by atoms with van der Waals surface area (Å²) in [6.07, 6.45) is 0.310. The molecule has 128 valence electrons. The first-order chi connectivity index (χ1) is 12.1. The van der Waals surface area contributed by atoms with Gasteiger partial charge in [-0.2, -0.15) is 0 Å². The Kier molecular flexibility index (Phi) is 4.79. The predicted molar refractivity (Wildman–Crippen MR) is 92.3 cm³/mol. The van der Waals surface area contributed by atoms with E-state index in [9.17, 15) is 14.4 Å². The van der Waals surface area contributed by atoms with Gasteiger partial charge in [-0.3, -0.25) is 14.9 Å². The topological polar surface area (TPSA) is 87.3 Å². The monoisotopic (exact) mass is 337 g/mol. The zero-order valence-corrected chi connectivity index (χ0v) is 13.6. The molecule has 1 fully saturated rings. The molecule has 0 aromatic heterocycles. The first-order valence-electron chi connectivity index (χ1n) is 8.10. The van der Waals surface area contributed by atoms with Gasteiger partial charge < -0.3 is 10.6 Å². The van der Waals surface area contributed by atoms with Gasteiger partial charge in [-0.15, -0.1) is 0 Å². The van der Waals surface area contributed by atoms with Crippen LogP contribution in [0.5, 0.6) is 0 Å². The summed E-state index contributed by atoms with van der Waals surface area (Å²) < 4.78 is 0. The standard InChI is InChI=1S/C19H19N3O3/c23-16(20-13-14-7-3-1-4-8-14)11-12-19(15-9-5-2-6-10-15)17(24)21-18(25)22-19/h1-10H,11-13H2,(H,20,23)(H2,21,22,24,25). The van der Waals surface area contributed by atoms with Crippen molar-refractivity contribution in [1.29, 1.82) is 0 Å². The van der Waals surface area contributed by atoms with Crippen molar-refractivity contribution in [1.82, 2.24) is 16.0 Å². The van der Waals surface area contributed by atoms with Crippen molar-refractivity contribution in [3.63, 3.8) is 0 Å². The third kappa shape index (κ3) is 3.68. The summed E-state index contributed by atoms with van der Waals surface area (Å²) in [5, 5.41) is 7.78. The number of nitrogens with one attached hydrogen (secondary N) is 3. The highest BCUT2D eigenvalue weighted by molar-refractivity contribution is 6.07. The number of carbonyl (C=O) groups is 3. The second kappa shape index (κ2) is 7.17. The normalized spacial score (nSPS) is 19.2. The molecule has 2 aromatic rings. The Morgan fingerprint density at radius 3 is 2.20 bits per heavy atom. The van der Waals surface area contributed by atoms with Crippen LogP contribution in [0.15, 0.2) is 60.7 Å². The summed E-state index contributed by atoms with van der Waals surface area (Å²) in [5.74, 6) is -0.604. The minimum atomic E-state index is -1.21. The van der Waals surface area contributed by atoms with Gasteiger partial charge in [-0.05, 0) is 17.5 Å². The maximum absolute atomic E-state index is 12.4. The highest BCUT2D eigenvalue weighted by atomic mass is 16.2. The molecule has 1 saturated heterocycles. The molecule has 1 atom stereocenters. The Labute approximate surface area is 145 Å². The molecule has 1 heterocycles. The first-order valence-corrected chi connectivity index (χ1v) is 8.10. The second-order valence-electron chi connectivity index (χ2n) is 5.94. The highest BCUT2D eigenvalue weighted by Gasteiger charge is 2.47. The molecule has 6 nitrogen and oxygen atoms in total. The number of hydrogen-bond acceptors (Lipinski definition) is 3. The molecule has 1 aliphatic rings. The van der Waals surface area contributed by atoms with Gasteiger partial charge in [0.05, 0.1) is 0 Å². The molecule has 3 rings (SSSR count). The van der Waals surface area contributed by atoms with Crippen molar-refractivity contribution in [3.8, 4) is 0 Å². The molecule has 0 saturated carbocycles. The SMILES string of the molecule is O=C(CCC1(c2ccccc2)NC(=O)NC1=O)NCc1ccccc1. The Balaban J connectivity index is 1.66. The van der Waals surface area contributed by atoms with E-state index in [0.717, 1.165) is 5.56 Å². The van der Waals surface area contributed by atoms with Crippen molar-refractivity contribution in [2.45, 2.75) is 24.9 Å². The van der Waals surface area contributed by atoms with Gasteiger partial charge >= 0.3 is 6.03 Å². The largest absolute Gasteiger partial charge is 0.352 e. The van der Waals surface area contributed by atoms with E-state index in [1.54, 1.807) is 24.3 Å². The van der Waals surface area contributed by atoms with Crippen molar-refractivity contribution in [3.05, 3.63) is 71.8 Å². The lowest BCUT2D eigenvalue weighted by molar-refractivity contribution is -0.125. The Morgan fingerprint density at radius 2 is 1.60 bits per heavy atom. The number of hydrogen-bond donors (Lipinski definition) is 3. The fourth-order valence-electron chi connectivity index (χ4n) is 2.92. The van der Waals surface area contributed by atoms with Crippen LogP contribution in [0.25, 0.3) is 0 Å². The molecule has 0 radical (unpaired) electrons. The number of urea groups is 1. The number of benzene rings is 2. The van der Waals surface area contributed by atoms with Crippen molar-refractivity contribution < 1.29 is 14.4 Å². The smallest absolute Gasteiger partial charge is 0.322 e. The van der Waals surface area contributed by atoms with E-state index >= 15 is 0 Å². The van der Waals surface area contributed by atoms with Crippen LogP contribution < -0.4 is 16.0 Å². The highest BCUT2D eigenvalue weighted by Crippen LogP contribution is 2.29. The molecular weight excluding hydrogens is 318 g/mol. The zero-order chi connectivity index (χ0) is 17.7. The van der Waals surface area contributed by atoms with Crippen LogP contribution in [0.3, 0.4) is 0 Å². The summed E-state index contributed by atoms with van der Waals surface area (Å²) in [7, 11) is 0. The Bertz CT molecular complexity index is 777. The van der Waals surface area contributed by atoms with Crippen LogP contribution in [0.1, 0.15) is 24.0 Å². The average Bonchev–Trinajstić information content (AvgIpc) is 2.94. The molecule has 6 heteroatoms. The minimum Gasteiger partial charge on any atom is -0.352 e. The van der Waals surface area contributed by atoms with E-state index in [2.05, 4.69) is 16.0 Å². The van der Waals surface area contributed by atoms with E-state index in [4.69, 9.17) is 0 Å².